The van der Waals surface area contributed by atoms with Gasteiger partial charge < -0.3 is 9.88 Å². The first-order valence-corrected chi connectivity index (χ1v) is 10.7. The second kappa shape index (κ2) is 7.49. The van der Waals surface area contributed by atoms with Crippen LogP contribution in [0.5, 0.6) is 0 Å². The predicted octanol–water partition coefficient (Wildman–Crippen LogP) is 6.43. The van der Waals surface area contributed by atoms with E-state index in [1.807, 2.05) is 24.3 Å². The zero-order valence-electron chi connectivity index (χ0n) is 17.4. The van der Waals surface area contributed by atoms with Crippen molar-refractivity contribution in [3.8, 4) is 11.3 Å². The average Bonchev–Trinajstić information content (AvgIpc) is 3.28. The van der Waals surface area contributed by atoms with Crippen molar-refractivity contribution in [3.05, 3.63) is 95.6 Å². The lowest BCUT2D eigenvalue weighted by Crippen LogP contribution is -2.30. The number of H-pyrrole nitrogens is 1. The van der Waals surface area contributed by atoms with Crippen molar-refractivity contribution >= 4 is 16.8 Å². The Morgan fingerprint density at radius 2 is 1.60 bits per heavy atom. The van der Waals surface area contributed by atoms with Crippen molar-refractivity contribution in [2.24, 2.45) is 5.92 Å². The fraction of sp³-hybridized carbons (Fsp3) is 0.222. The van der Waals surface area contributed by atoms with E-state index in [9.17, 15) is 4.79 Å². The minimum Gasteiger partial charge on any atom is -0.354 e. The number of aromatic nitrogens is 1. The monoisotopic (exact) mass is 394 g/mol. The molecule has 4 aromatic rings. The number of carbonyl (C=O) groups excluding carboxylic acids is 1. The molecule has 5 rings (SSSR count). The molecule has 3 nitrogen and oxygen atoms in total. The first kappa shape index (κ1) is 18.7. The number of hydrogen-bond acceptors (Lipinski definition) is 1. The fourth-order valence-electron chi connectivity index (χ4n) is 4.59. The molecule has 0 aliphatic carbocycles. The van der Waals surface area contributed by atoms with Gasteiger partial charge in [0.1, 0.15) is 0 Å². The van der Waals surface area contributed by atoms with Crippen LogP contribution in [0.4, 0.5) is 0 Å². The standard InChI is InChI=1S/C27H26N2O/c1-18(2)16-17-29-26(20-12-6-7-13-21(20)27(29)30)24-22-14-8-9-15-23(22)28-25(24)19-10-4-3-5-11-19/h3-15,18,26,28H,16-17H2,1-2H3/t26-/m0/s1. The molecule has 1 amide bonds. The molecule has 0 fully saturated rings. The van der Waals surface area contributed by atoms with E-state index in [4.69, 9.17) is 0 Å². The first-order chi connectivity index (χ1) is 14.6. The molecular formula is C27H26N2O. The van der Waals surface area contributed by atoms with Gasteiger partial charge in [0.15, 0.2) is 0 Å². The van der Waals surface area contributed by atoms with Gasteiger partial charge in [-0.1, -0.05) is 80.6 Å². The van der Waals surface area contributed by atoms with Crippen molar-refractivity contribution < 1.29 is 4.79 Å². The third-order valence-corrected chi connectivity index (χ3v) is 6.09. The molecular weight excluding hydrogens is 368 g/mol. The molecule has 0 unspecified atom stereocenters. The van der Waals surface area contributed by atoms with E-state index in [1.54, 1.807) is 0 Å². The van der Waals surface area contributed by atoms with E-state index in [-0.39, 0.29) is 11.9 Å². The Kier molecular flexibility index (Phi) is 4.66. The summed E-state index contributed by atoms with van der Waals surface area (Å²) in [5.41, 5.74) is 6.47. The second-order valence-corrected chi connectivity index (χ2v) is 8.50. The van der Waals surface area contributed by atoms with E-state index >= 15 is 0 Å². The van der Waals surface area contributed by atoms with Gasteiger partial charge in [-0.15, -0.1) is 0 Å². The highest BCUT2D eigenvalue weighted by atomic mass is 16.2. The summed E-state index contributed by atoms with van der Waals surface area (Å²) in [7, 11) is 0. The van der Waals surface area contributed by atoms with Crippen LogP contribution in [-0.4, -0.2) is 22.3 Å². The van der Waals surface area contributed by atoms with Gasteiger partial charge in [-0.2, -0.15) is 0 Å². The number of nitrogens with one attached hydrogen (secondary N) is 1. The van der Waals surface area contributed by atoms with Crippen molar-refractivity contribution in [2.75, 3.05) is 6.54 Å². The highest BCUT2D eigenvalue weighted by Gasteiger charge is 2.39. The minimum atomic E-state index is -0.0844. The summed E-state index contributed by atoms with van der Waals surface area (Å²) in [5, 5.41) is 1.18. The van der Waals surface area contributed by atoms with Gasteiger partial charge in [-0.25, -0.2) is 0 Å². The smallest absolute Gasteiger partial charge is 0.255 e. The van der Waals surface area contributed by atoms with Crippen LogP contribution in [0, 0.1) is 5.92 Å². The molecule has 1 aliphatic rings. The van der Waals surface area contributed by atoms with E-state index in [0.29, 0.717) is 5.92 Å². The summed E-state index contributed by atoms with van der Waals surface area (Å²) < 4.78 is 0. The zero-order chi connectivity index (χ0) is 20.7. The number of hydrogen-bond donors (Lipinski definition) is 1. The van der Waals surface area contributed by atoms with E-state index in [1.165, 1.54) is 10.9 Å². The van der Waals surface area contributed by atoms with Gasteiger partial charge in [-0.05, 0) is 35.6 Å². The van der Waals surface area contributed by atoms with Gasteiger partial charge in [0.25, 0.3) is 5.91 Å². The van der Waals surface area contributed by atoms with Gasteiger partial charge in [0.05, 0.1) is 11.7 Å². The normalized spacial score (nSPS) is 15.9. The van der Waals surface area contributed by atoms with Gasteiger partial charge in [-0.3, -0.25) is 4.79 Å². The number of carbonyl (C=O) groups is 1. The molecule has 0 bridgehead atoms. The van der Waals surface area contributed by atoms with Crippen LogP contribution in [0.15, 0.2) is 78.9 Å². The molecule has 0 saturated heterocycles. The summed E-state index contributed by atoms with van der Waals surface area (Å²) in [4.78, 5) is 19.1. The Bertz CT molecular complexity index is 1210. The van der Waals surface area contributed by atoms with Crippen LogP contribution in [0.25, 0.3) is 22.2 Å². The van der Waals surface area contributed by atoms with E-state index in [2.05, 4.69) is 78.3 Å². The predicted molar refractivity (Wildman–Crippen MR) is 123 cm³/mol. The molecule has 0 radical (unpaired) electrons. The highest BCUT2D eigenvalue weighted by molar-refractivity contribution is 6.02. The maximum Gasteiger partial charge on any atom is 0.255 e. The molecule has 1 aromatic heterocycles. The minimum absolute atomic E-state index is 0.0844. The second-order valence-electron chi connectivity index (χ2n) is 8.50. The molecule has 1 N–H and O–H groups in total. The Balaban J connectivity index is 1.76. The van der Waals surface area contributed by atoms with Gasteiger partial charge in [0, 0.05) is 28.6 Å². The summed E-state index contributed by atoms with van der Waals surface area (Å²) in [6.07, 6.45) is 0.985. The lowest BCUT2D eigenvalue weighted by Gasteiger charge is -2.27. The van der Waals surface area contributed by atoms with Crippen LogP contribution in [0.1, 0.15) is 47.8 Å². The van der Waals surface area contributed by atoms with Crippen molar-refractivity contribution in [1.29, 1.82) is 0 Å². The van der Waals surface area contributed by atoms with Crippen LogP contribution in [0.3, 0.4) is 0 Å². The first-order valence-electron chi connectivity index (χ1n) is 10.7. The lowest BCUT2D eigenvalue weighted by molar-refractivity contribution is 0.0743. The summed E-state index contributed by atoms with van der Waals surface area (Å²) in [6, 6.07) is 26.9. The molecule has 3 heteroatoms. The van der Waals surface area contributed by atoms with Crippen LogP contribution >= 0.6 is 0 Å². The molecule has 0 saturated carbocycles. The van der Waals surface area contributed by atoms with Crippen LogP contribution in [-0.2, 0) is 0 Å². The topological polar surface area (TPSA) is 36.1 Å². The lowest BCUT2D eigenvalue weighted by atomic mass is 9.93. The van der Waals surface area contributed by atoms with Crippen LogP contribution in [0.2, 0.25) is 0 Å². The van der Waals surface area contributed by atoms with Crippen LogP contribution < -0.4 is 0 Å². The summed E-state index contributed by atoms with van der Waals surface area (Å²) >= 11 is 0. The number of fused-ring (bicyclic) bond motifs is 2. The SMILES string of the molecule is CC(C)CCN1C(=O)c2ccccc2[C@H]1c1c(-c2ccccc2)[nH]c2ccccc12. The maximum atomic E-state index is 13.4. The van der Waals surface area contributed by atoms with Crippen molar-refractivity contribution in [1.82, 2.24) is 9.88 Å². The number of nitrogens with zero attached hydrogens (tertiary/aromatic N) is 1. The maximum absolute atomic E-state index is 13.4. The average molecular weight is 395 g/mol. The number of amides is 1. The number of rotatable bonds is 5. The zero-order valence-corrected chi connectivity index (χ0v) is 17.4. The van der Waals surface area contributed by atoms with Crippen molar-refractivity contribution in [2.45, 2.75) is 26.3 Å². The van der Waals surface area contributed by atoms with E-state index in [0.717, 1.165) is 40.9 Å². The van der Waals surface area contributed by atoms with Gasteiger partial charge in [0.2, 0.25) is 0 Å². The molecule has 0 spiro atoms. The Morgan fingerprint density at radius 3 is 2.40 bits per heavy atom. The molecule has 30 heavy (non-hydrogen) atoms. The largest absolute Gasteiger partial charge is 0.354 e. The molecule has 150 valence electrons. The Morgan fingerprint density at radius 1 is 0.900 bits per heavy atom. The molecule has 1 aliphatic heterocycles. The quantitative estimate of drug-likeness (QED) is 0.416. The number of para-hydroxylation sites is 1. The van der Waals surface area contributed by atoms with E-state index < -0.39 is 0 Å². The highest BCUT2D eigenvalue weighted by Crippen LogP contribution is 2.45. The molecule has 1 atom stereocenters. The Hall–Kier alpha value is -3.33. The number of aromatic amines is 1. The third kappa shape index (κ3) is 3.02. The molecule has 3 aromatic carbocycles. The number of benzene rings is 3. The summed E-state index contributed by atoms with van der Waals surface area (Å²) in [5.74, 6) is 0.680. The van der Waals surface area contributed by atoms with Gasteiger partial charge >= 0.3 is 0 Å². The fourth-order valence-corrected chi connectivity index (χ4v) is 4.59. The summed E-state index contributed by atoms with van der Waals surface area (Å²) in [6.45, 7) is 5.18. The molecule has 2 heterocycles. The third-order valence-electron chi connectivity index (χ3n) is 6.09. The van der Waals surface area contributed by atoms with Crippen molar-refractivity contribution in [3.63, 3.8) is 0 Å². The Labute approximate surface area is 177 Å².